The highest BCUT2D eigenvalue weighted by Crippen LogP contribution is 2.52. The molecule has 4 heteroatoms. The topological polar surface area (TPSA) is 69.6 Å². The van der Waals surface area contributed by atoms with Gasteiger partial charge in [-0.2, -0.15) is 0 Å². The van der Waals surface area contributed by atoms with E-state index >= 15 is 0 Å². The number of carboxylic acid groups (broad SMARTS) is 1. The first-order valence-electron chi connectivity index (χ1n) is 7.95. The van der Waals surface area contributed by atoms with Gasteiger partial charge in [0, 0.05) is 24.3 Å². The standard InChI is InChI=1S/C16H19NO.C2H4O2/c18-12-5-4-11-9-15-13-3-1-2-6-16(13,7-8-17-15)14(11)10-12;1-2(3)4/h1,3-5,10,13,15,17-18H,2,6-9H2;1H3,(H,3,4)/t13-,15+,16+;/m0./s1. The first-order valence-corrected chi connectivity index (χ1v) is 7.95. The predicted octanol–water partition coefficient (Wildman–Crippen LogP) is 2.61. The Balaban J connectivity index is 0.000000325. The van der Waals surface area contributed by atoms with Crippen molar-refractivity contribution < 1.29 is 15.0 Å². The molecule has 0 aromatic heterocycles. The number of aromatic hydroxyl groups is 1. The molecule has 0 unspecified atom stereocenters. The number of hydrogen-bond acceptors (Lipinski definition) is 3. The Morgan fingerprint density at radius 2 is 2.14 bits per heavy atom. The number of nitrogens with one attached hydrogen (secondary N) is 1. The van der Waals surface area contributed by atoms with E-state index in [1.54, 1.807) is 0 Å². The van der Waals surface area contributed by atoms with E-state index in [9.17, 15) is 5.11 Å². The molecule has 4 nitrogen and oxygen atoms in total. The van der Waals surface area contributed by atoms with Crippen molar-refractivity contribution in [2.45, 2.75) is 44.1 Å². The number of phenolic OH excluding ortho intramolecular Hbond substituents is 1. The van der Waals surface area contributed by atoms with Crippen molar-refractivity contribution in [1.29, 1.82) is 0 Å². The maximum atomic E-state index is 9.84. The van der Waals surface area contributed by atoms with Crippen LogP contribution in [0.4, 0.5) is 0 Å². The summed E-state index contributed by atoms with van der Waals surface area (Å²) in [6, 6.07) is 6.58. The van der Waals surface area contributed by atoms with E-state index in [2.05, 4.69) is 23.5 Å². The van der Waals surface area contributed by atoms with Gasteiger partial charge in [-0.1, -0.05) is 18.2 Å². The predicted molar refractivity (Wildman–Crippen MR) is 85.1 cm³/mol. The fourth-order valence-electron chi connectivity index (χ4n) is 4.44. The molecule has 0 radical (unpaired) electrons. The van der Waals surface area contributed by atoms with E-state index in [0.29, 0.717) is 17.7 Å². The number of benzene rings is 1. The van der Waals surface area contributed by atoms with Crippen LogP contribution >= 0.6 is 0 Å². The third-order valence-electron chi connectivity index (χ3n) is 5.22. The number of phenols is 1. The second-order valence-electron chi connectivity index (χ2n) is 6.52. The number of fused-ring (bicyclic) bond motifs is 1. The van der Waals surface area contributed by atoms with Crippen molar-refractivity contribution in [3.8, 4) is 5.75 Å². The molecule has 0 amide bonds. The molecule has 118 valence electrons. The highest BCUT2D eigenvalue weighted by atomic mass is 16.4. The molecule has 1 aromatic carbocycles. The summed E-state index contributed by atoms with van der Waals surface area (Å²) in [5.41, 5.74) is 3.16. The van der Waals surface area contributed by atoms with Gasteiger partial charge in [-0.05, 0) is 55.5 Å². The normalized spacial score (nSPS) is 31.3. The number of hydrogen-bond donors (Lipinski definition) is 3. The average molecular weight is 301 g/mol. The minimum Gasteiger partial charge on any atom is -0.508 e. The van der Waals surface area contributed by atoms with Gasteiger partial charge in [-0.3, -0.25) is 4.79 Å². The number of aliphatic carboxylic acids is 1. The van der Waals surface area contributed by atoms with Gasteiger partial charge in [0.15, 0.2) is 0 Å². The highest BCUT2D eigenvalue weighted by Gasteiger charge is 2.50. The zero-order valence-corrected chi connectivity index (χ0v) is 12.9. The summed E-state index contributed by atoms with van der Waals surface area (Å²) in [6.07, 6.45) is 9.49. The van der Waals surface area contributed by atoms with Gasteiger partial charge in [0.2, 0.25) is 0 Å². The summed E-state index contributed by atoms with van der Waals surface area (Å²) >= 11 is 0. The molecule has 1 fully saturated rings. The van der Waals surface area contributed by atoms with Crippen LogP contribution < -0.4 is 5.32 Å². The Kier molecular flexibility index (Phi) is 3.96. The molecule has 22 heavy (non-hydrogen) atoms. The first-order chi connectivity index (χ1) is 10.5. The van der Waals surface area contributed by atoms with Crippen LogP contribution in [0.2, 0.25) is 0 Å². The number of carbonyl (C=O) groups is 1. The highest BCUT2D eigenvalue weighted by molar-refractivity contribution is 5.62. The number of carboxylic acids is 1. The van der Waals surface area contributed by atoms with Crippen molar-refractivity contribution in [1.82, 2.24) is 5.32 Å². The van der Waals surface area contributed by atoms with Crippen molar-refractivity contribution in [2.24, 2.45) is 5.92 Å². The van der Waals surface area contributed by atoms with Gasteiger partial charge in [0.1, 0.15) is 5.75 Å². The molecule has 3 N–H and O–H groups in total. The minimum atomic E-state index is -0.833. The Morgan fingerprint density at radius 3 is 2.91 bits per heavy atom. The molecule has 1 aromatic rings. The number of rotatable bonds is 0. The lowest BCUT2D eigenvalue weighted by Crippen LogP contribution is -2.58. The summed E-state index contributed by atoms with van der Waals surface area (Å²) in [5.74, 6) is 0.211. The van der Waals surface area contributed by atoms with Crippen LogP contribution in [-0.4, -0.2) is 28.8 Å². The quantitative estimate of drug-likeness (QED) is 0.644. The van der Waals surface area contributed by atoms with E-state index in [0.717, 1.165) is 19.9 Å². The monoisotopic (exact) mass is 301 g/mol. The van der Waals surface area contributed by atoms with Crippen LogP contribution in [0, 0.1) is 5.92 Å². The van der Waals surface area contributed by atoms with Crippen LogP contribution in [0.15, 0.2) is 30.4 Å². The summed E-state index contributed by atoms with van der Waals surface area (Å²) in [7, 11) is 0. The van der Waals surface area contributed by atoms with E-state index < -0.39 is 5.97 Å². The van der Waals surface area contributed by atoms with Gasteiger partial charge in [-0.15, -0.1) is 0 Å². The van der Waals surface area contributed by atoms with Crippen LogP contribution in [0.1, 0.15) is 37.3 Å². The molecule has 1 aliphatic heterocycles. The van der Waals surface area contributed by atoms with Crippen LogP contribution in [-0.2, 0) is 16.6 Å². The van der Waals surface area contributed by atoms with Gasteiger partial charge in [-0.25, -0.2) is 0 Å². The Labute approximate surface area is 130 Å². The van der Waals surface area contributed by atoms with Crippen molar-refractivity contribution in [3.63, 3.8) is 0 Å². The number of piperidine rings is 1. The minimum absolute atomic E-state index is 0.289. The smallest absolute Gasteiger partial charge is 0.300 e. The Bertz CT molecular complexity index is 606. The number of allylic oxidation sites excluding steroid dienone is 1. The molecule has 1 saturated heterocycles. The fraction of sp³-hybridized carbons (Fsp3) is 0.500. The SMILES string of the molecule is CC(=O)O.Oc1ccc2c(c1)[C@@]13CCC=C[C@H]1[C@@H](C2)NCC3. The maximum absolute atomic E-state index is 9.84. The molecule has 0 saturated carbocycles. The van der Waals surface area contributed by atoms with Crippen LogP contribution in [0.5, 0.6) is 5.75 Å². The second-order valence-corrected chi connectivity index (χ2v) is 6.52. The fourth-order valence-corrected chi connectivity index (χ4v) is 4.44. The van der Waals surface area contributed by atoms with E-state index in [-0.39, 0.29) is 5.41 Å². The summed E-state index contributed by atoms with van der Waals surface area (Å²) in [5, 5.41) is 20.9. The van der Waals surface area contributed by atoms with Gasteiger partial charge in [0.25, 0.3) is 5.97 Å². The molecule has 3 atom stereocenters. The zero-order chi connectivity index (χ0) is 15.7. The van der Waals surface area contributed by atoms with E-state index in [1.165, 1.54) is 30.4 Å². The van der Waals surface area contributed by atoms with Crippen LogP contribution in [0.25, 0.3) is 0 Å². The van der Waals surface area contributed by atoms with Gasteiger partial charge >= 0.3 is 0 Å². The third kappa shape index (κ3) is 2.52. The van der Waals surface area contributed by atoms with E-state index in [1.807, 2.05) is 12.1 Å². The maximum Gasteiger partial charge on any atom is 0.300 e. The molecule has 0 spiro atoms. The molecular formula is C18H23NO3. The van der Waals surface area contributed by atoms with Crippen molar-refractivity contribution in [2.75, 3.05) is 6.54 Å². The summed E-state index contributed by atoms with van der Waals surface area (Å²) in [4.78, 5) is 9.00. The zero-order valence-electron chi connectivity index (χ0n) is 12.9. The second kappa shape index (κ2) is 5.76. The molecule has 2 bridgehead atoms. The van der Waals surface area contributed by atoms with Crippen molar-refractivity contribution in [3.05, 3.63) is 41.5 Å². The largest absolute Gasteiger partial charge is 0.508 e. The lowest BCUT2D eigenvalue weighted by atomic mass is 9.54. The molecule has 1 heterocycles. The van der Waals surface area contributed by atoms with E-state index in [4.69, 9.17) is 9.90 Å². The lowest BCUT2D eigenvalue weighted by Gasteiger charge is -2.54. The lowest BCUT2D eigenvalue weighted by molar-refractivity contribution is -0.134. The molecule has 2 aliphatic carbocycles. The van der Waals surface area contributed by atoms with Gasteiger partial charge in [0.05, 0.1) is 0 Å². The van der Waals surface area contributed by atoms with Gasteiger partial charge < -0.3 is 15.5 Å². The van der Waals surface area contributed by atoms with Crippen molar-refractivity contribution >= 4 is 5.97 Å². The molecular weight excluding hydrogens is 278 g/mol. The molecule has 3 aliphatic rings. The summed E-state index contributed by atoms with van der Waals surface area (Å²) in [6.45, 7) is 2.20. The first kappa shape index (κ1) is 15.1. The average Bonchev–Trinajstić information content (AvgIpc) is 2.48. The molecule has 4 rings (SSSR count). The Hall–Kier alpha value is -1.81. The van der Waals surface area contributed by atoms with Crippen LogP contribution in [0.3, 0.4) is 0 Å². The summed E-state index contributed by atoms with van der Waals surface area (Å²) < 4.78 is 0. The Morgan fingerprint density at radius 1 is 1.36 bits per heavy atom. The third-order valence-corrected chi connectivity index (χ3v) is 5.22.